The maximum absolute atomic E-state index is 11.7. The highest BCUT2D eigenvalue weighted by molar-refractivity contribution is 7.89. The Labute approximate surface area is 133 Å². The number of benzene rings is 1. The number of esters is 1. The first-order chi connectivity index (χ1) is 10.8. The lowest BCUT2D eigenvalue weighted by atomic mass is 10.2. The van der Waals surface area contributed by atoms with Gasteiger partial charge in [-0.25, -0.2) is 18.4 Å². The zero-order valence-electron chi connectivity index (χ0n) is 12.3. The van der Waals surface area contributed by atoms with E-state index in [1.54, 1.807) is 0 Å². The predicted molar refractivity (Wildman–Crippen MR) is 79.5 cm³/mol. The summed E-state index contributed by atoms with van der Waals surface area (Å²) < 4.78 is 27.2. The van der Waals surface area contributed by atoms with Gasteiger partial charge in [-0.3, -0.25) is 0 Å². The van der Waals surface area contributed by atoms with E-state index in [0.29, 0.717) is 12.8 Å². The summed E-state index contributed by atoms with van der Waals surface area (Å²) in [5, 5.41) is 14.0. The summed E-state index contributed by atoms with van der Waals surface area (Å²) >= 11 is 0. The Kier molecular flexibility index (Phi) is 7.42. The monoisotopic (exact) mass is 346 g/mol. The van der Waals surface area contributed by atoms with Crippen LogP contribution in [0.25, 0.3) is 0 Å². The van der Waals surface area contributed by atoms with E-state index in [-0.39, 0.29) is 23.7 Å². The standard InChI is InChI=1S/C13H18N2O7S/c14-23(19,20)12-7-5-11(6-8-12)13(16)21-9-3-1-2-4-10-22-15(17)18/h5-8H,1-4,9-10H2,(H2,14,19,20). The number of primary sulfonamides is 1. The van der Waals surface area contributed by atoms with Crippen molar-refractivity contribution in [2.75, 3.05) is 13.2 Å². The van der Waals surface area contributed by atoms with Gasteiger partial charge < -0.3 is 9.57 Å². The lowest BCUT2D eigenvalue weighted by Gasteiger charge is -2.05. The molecule has 0 fully saturated rings. The summed E-state index contributed by atoms with van der Waals surface area (Å²) in [6.45, 7) is 0.273. The summed E-state index contributed by atoms with van der Waals surface area (Å²) in [5.41, 5.74) is 0.233. The first-order valence-corrected chi connectivity index (χ1v) is 8.42. The van der Waals surface area contributed by atoms with E-state index in [0.717, 1.165) is 12.8 Å². The number of sulfonamides is 1. The van der Waals surface area contributed by atoms with Gasteiger partial charge in [-0.05, 0) is 43.5 Å². The van der Waals surface area contributed by atoms with E-state index >= 15 is 0 Å². The van der Waals surface area contributed by atoms with E-state index in [2.05, 4.69) is 4.84 Å². The third kappa shape index (κ3) is 7.56. The van der Waals surface area contributed by atoms with Gasteiger partial charge in [0, 0.05) is 0 Å². The van der Waals surface area contributed by atoms with E-state index in [1.165, 1.54) is 24.3 Å². The molecule has 9 nitrogen and oxygen atoms in total. The second-order valence-corrected chi connectivity index (χ2v) is 6.24. The molecule has 0 unspecified atom stereocenters. The van der Waals surface area contributed by atoms with Crippen molar-refractivity contribution < 1.29 is 27.9 Å². The molecule has 0 heterocycles. The molecule has 0 saturated carbocycles. The van der Waals surface area contributed by atoms with Crippen molar-refractivity contribution >= 4 is 16.0 Å². The van der Waals surface area contributed by atoms with Crippen LogP contribution < -0.4 is 5.14 Å². The number of rotatable bonds is 10. The second-order valence-electron chi connectivity index (χ2n) is 4.68. The molecule has 0 amide bonds. The normalized spacial score (nSPS) is 11.0. The molecular weight excluding hydrogens is 328 g/mol. The Hall–Kier alpha value is -2.20. The number of carbonyl (C=O) groups is 1. The molecule has 10 heteroatoms. The van der Waals surface area contributed by atoms with Crippen LogP contribution in [0.2, 0.25) is 0 Å². The molecule has 1 aromatic rings. The average Bonchev–Trinajstić information content (AvgIpc) is 2.48. The van der Waals surface area contributed by atoms with Crippen molar-refractivity contribution in [3.63, 3.8) is 0 Å². The SMILES string of the molecule is NS(=O)(=O)c1ccc(C(=O)OCCCCCCO[N+](=O)[O-])cc1. The molecule has 0 radical (unpaired) electrons. The highest BCUT2D eigenvalue weighted by atomic mass is 32.2. The van der Waals surface area contributed by atoms with Gasteiger partial charge in [0.15, 0.2) is 0 Å². The number of hydrogen-bond acceptors (Lipinski definition) is 7. The maximum atomic E-state index is 11.7. The molecule has 0 aliphatic carbocycles. The molecule has 0 aliphatic heterocycles. The number of carbonyl (C=O) groups excluding carboxylic acids is 1. The van der Waals surface area contributed by atoms with Crippen molar-refractivity contribution in [1.29, 1.82) is 0 Å². The van der Waals surface area contributed by atoms with Crippen LogP contribution in [-0.4, -0.2) is 32.7 Å². The number of hydrogen-bond donors (Lipinski definition) is 1. The van der Waals surface area contributed by atoms with Crippen molar-refractivity contribution in [2.45, 2.75) is 30.6 Å². The quantitative estimate of drug-likeness (QED) is 0.291. The van der Waals surface area contributed by atoms with Gasteiger partial charge in [-0.15, -0.1) is 10.1 Å². The van der Waals surface area contributed by atoms with Gasteiger partial charge in [-0.2, -0.15) is 0 Å². The average molecular weight is 346 g/mol. The Morgan fingerprint density at radius 1 is 1.09 bits per heavy atom. The minimum absolute atomic E-state index is 0.0587. The largest absolute Gasteiger partial charge is 0.462 e. The molecule has 0 saturated heterocycles. The van der Waals surface area contributed by atoms with Gasteiger partial charge in [-0.1, -0.05) is 6.42 Å². The summed E-state index contributed by atoms with van der Waals surface area (Å²) in [6, 6.07) is 5.14. The predicted octanol–water partition coefficient (Wildman–Crippen LogP) is 1.26. The van der Waals surface area contributed by atoms with Crippen molar-refractivity contribution in [1.82, 2.24) is 0 Å². The molecule has 0 atom stereocenters. The zero-order chi connectivity index (χ0) is 17.3. The molecule has 128 valence electrons. The lowest BCUT2D eigenvalue weighted by Crippen LogP contribution is -2.12. The fraction of sp³-hybridized carbons (Fsp3) is 0.462. The van der Waals surface area contributed by atoms with Gasteiger partial charge >= 0.3 is 5.97 Å². The van der Waals surface area contributed by atoms with E-state index in [4.69, 9.17) is 9.88 Å². The Morgan fingerprint density at radius 2 is 1.65 bits per heavy atom. The first-order valence-electron chi connectivity index (χ1n) is 6.88. The first kappa shape index (κ1) is 18.8. The van der Waals surface area contributed by atoms with Gasteiger partial charge in [0.2, 0.25) is 10.0 Å². The number of nitrogens with two attached hydrogens (primary N) is 1. The summed E-state index contributed by atoms with van der Waals surface area (Å²) in [4.78, 5) is 25.7. The number of ether oxygens (including phenoxy) is 1. The van der Waals surface area contributed by atoms with E-state index in [9.17, 15) is 23.3 Å². The van der Waals surface area contributed by atoms with Gasteiger partial charge in [0.25, 0.3) is 5.09 Å². The van der Waals surface area contributed by atoms with Crippen LogP contribution >= 0.6 is 0 Å². The highest BCUT2D eigenvalue weighted by Crippen LogP contribution is 2.10. The summed E-state index contributed by atoms with van der Waals surface area (Å²) in [7, 11) is -3.79. The van der Waals surface area contributed by atoms with Crippen molar-refractivity contribution in [3.8, 4) is 0 Å². The Balaban J connectivity index is 2.23. The van der Waals surface area contributed by atoms with Gasteiger partial charge in [0.1, 0.15) is 0 Å². The smallest absolute Gasteiger partial charge is 0.338 e. The third-order valence-electron chi connectivity index (χ3n) is 2.89. The maximum Gasteiger partial charge on any atom is 0.338 e. The van der Waals surface area contributed by atoms with Crippen LogP contribution in [-0.2, 0) is 19.6 Å². The molecular formula is C13H18N2O7S. The summed E-state index contributed by atoms with van der Waals surface area (Å²) in [6.07, 6.45) is 2.66. The molecule has 23 heavy (non-hydrogen) atoms. The van der Waals surface area contributed by atoms with Crippen LogP contribution in [0.1, 0.15) is 36.0 Å². The fourth-order valence-corrected chi connectivity index (χ4v) is 2.24. The van der Waals surface area contributed by atoms with Crippen LogP contribution in [0.15, 0.2) is 29.2 Å². The van der Waals surface area contributed by atoms with Crippen LogP contribution in [0.3, 0.4) is 0 Å². The molecule has 0 aliphatic rings. The molecule has 2 N–H and O–H groups in total. The van der Waals surface area contributed by atoms with Crippen molar-refractivity contribution in [3.05, 3.63) is 39.9 Å². The second kappa shape index (κ2) is 9.06. The fourth-order valence-electron chi connectivity index (χ4n) is 1.73. The summed E-state index contributed by atoms with van der Waals surface area (Å²) in [5.74, 6) is -0.553. The Morgan fingerprint density at radius 3 is 2.17 bits per heavy atom. The van der Waals surface area contributed by atoms with Crippen LogP contribution in [0, 0.1) is 10.1 Å². The van der Waals surface area contributed by atoms with Crippen LogP contribution in [0.4, 0.5) is 0 Å². The van der Waals surface area contributed by atoms with Gasteiger partial charge in [0.05, 0.1) is 23.7 Å². The highest BCUT2D eigenvalue weighted by Gasteiger charge is 2.11. The minimum Gasteiger partial charge on any atom is -0.462 e. The van der Waals surface area contributed by atoms with Crippen molar-refractivity contribution in [2.24, 2.45) is 5.14 Å². The molecule has 1 rings (SSSR count). The van der Waals surface area contributed by atoms with Crippen LogP contribution in [0.5, 0.6) is 0 Å². The number of unbranched alkanes of at least 4 members (excludes halogenated alkanes) is 3. The molecule has 0 aromatic heterocycles. The van der Waals surface area contributed by atoms with E-state index < -0.39 is 21.1 Å². The third-order valence-corrected chi connectivity index (χ3v) is 3.82. The van der Waals surface area contributed by atoms with E-state index in [1.807, 2.05) is 0 Å². The lowest BCUT2D eigenvalue weighted by molar-refractivity contribution is -0.757. The number of nitrogens with zero attached hydrogens (tertiary/aromatic N) is 1. The molecule has 1 aromatic carbocycles. The molecule has 0 bridgehead atoms. The zero-order valence-corrected chi connectivity index (χ0v) is 13.2. The topological polar surface area (TPSA) is 139 Å². The Bertz CT molecular complexity index is 628. The minimum atomic E-state index is -3.79. The molecule has 0 spiro atoms.